The molecule has 0 unspecified atom stereocenters. The van der Waals surface area contributed by atoms with Gasteiger partial charge in [-0.15, -0.1) is 69.1 Å². The fourth-order valence-corrected chi connectivity index (χ4v) is 7.66. The van der Waals surface area contributed by atoms with Gasteiger partial charge < -0.3 is 0 Å². The second-order valence-electron chi connectivity index (χ2n) is 15.8. The average Bonchev–Trinajstić information content (AvgIpc) is 3.85. The number of rotatable bonds is 12. The van der Waals surface area contributed by atoms with Gasteiger partial charge >= 0.3 is 62.6 Å². The molecule has 0 saturated carbocycles. The van der Waals surface area contributed by atoms with Crippen LogP contribution >= 0.6 is 17.0 Å². The van der Waals surface area contributed by atoms with E-state index in [4.69, 9.17) is 17.0 Å². The predicted molar refractivity (Wildman–Crippen MR) is 244 cm³/mol. The van der Waals surface area contributed by atoms with E-state index in [1.165, 1.54) is 0 Å². The topological polar surface area (TPSA) is 0 Å². The second kappa shape index (κ2) is 25.5. The number of hydrogen-bond donors (Lipinski definition) is 0. The fraction of sp³-hybridized carbons (Fsp3) is 0.400. The van der Waals surface area contributed by atoms with E-state index in [0.29, 0.717) is 34.7 Å². The third kappa shape index (κ3) is 16.0. The van der Waals surface area contributed by atoms with Crippen LogP contribution in [0.15, 0.2) is 84.9 Å². The molecule has 0 fully saturated rings. The molecule has 0 saturated heterocycles. The molecule has 0 aliphatic carbocycles. The minimum absolute atomic E-state index is 0.0427. The Kier molecular flexibility index (Phi) is 22.1. The molecule has 0 atom stereocenters. The minimum atomic E-state index is -4.87. The molecule has 0 spiro atoms. The predicted octanol–water partition coefficient (Wildman–Crippen LogP) is 19.3. The standard InChI is InChI=1S/2C24H23F6.C2H6Si.2ClH.Zr/c2*1-3-5-7-15-10-17-9-8-16(6-4-2)22(21(17)11-15)18-12-19(23(25,26)27)14-20(13-18)24(28,29)30;1-3-2;;;/h2*8-14H,3-7H2,1-2H3;1-2H3;2*1H;/q2*-1;;;;+4/p-2. The van der Waals surface area contributed by atoms with Crippen molar-refractivity contribution in [3.63, 3.8) is 0 Å². The maximum absolute atomic E-state index is 13.4. The number of alkyl halides is 12. The van der Waals surface area contributed by atoms with Gasteiger partial charge in [-0.1, -0.05) is 102 Å². The molecule has 0 amide bonds. The molecule has 0 N–H and O–H groups in total. The summed E-state index contributed by atoms with van der Waals surface area (Å²) in [5, 5.41) is 3.09. The van der Waals surface area contributed by atoms with Crippen molar-refractivity contribution >= 4 is 48.1 Å². The van der Waals surface area contributed by atoms with Crippen molar-refractivity contribution < 1.29 is 73.5 Å². The van der Waals surface area contributed by atoms with Crippen LogP contribution < -0.4 is 0 Å². The van der Waals surface area contributed by atoms with E-state index >= 15 is 0 Å². The van der Waals surface area contributed by atoms with Crippen molar-refractivity contribution in [3.8, 4) is 22.3 Å². The van der Waals surface area contributed by atoms with Crippen LogP contribution in [0.3, 0.4) is 0 Å². The summed E-state index contributed by atoms with van der Waals surface area (Å²) in [6, 6.07) is 18.9. The third-order valence-corrected chi connectivity index (χ3v) is 10.5. The van der Waals surface area contributed by atoms with Gasteiger partial charge in [0.15, 0.2) is 0 Å². The maximum atomic E-state index is 13.4. The Bertz CT molecular complexity index is 2210. The molecule has 2 radical (unpaired) electrons. The average molecular weight is 1070 g/mol. The van der Waals surface area contributed by atoms with E-state index in [1.54, 1.807) is 0 Å². The zero-order chi connectivity index (χ0) is 49.6. The first-order valence-electron chi connectivity index (χ1n) is 21.5. The van der Waals surface area contributed by atoms with Crippen LogP contribution in [0, 0.1) is 0 Å². The molecule has 16 heteroatoms. The van der Waals surface area contributed by atoms with Crippen molar-refractivity contribution in [1.29, 1.82) is 0 Å². The van der Waals surface area contributed by atoms with Crippen LogP contribution in [0.1, 0.15) is 111 Å². The van der Waals surface area contributed by atoms with Gasteiger partial charge in [-0.2, -0.15) is 64.8 Å². The summed E-state index contributed by atoms with van der Waals surface area (Å²) >= 11 is -0.826. The van der Waals surface area contributed by atoms with Gasteiger partial charge in [0.2, 0.25) is 0 Å². The zero-order valence-corrected chi connectivity index (χ0v) is 42.4. The third-order valence-electron chi connectivity index (χ3n) is 10.5. The fourth-order valence-electron chi connectivity index (χ4n) is 7.66. The first-order chi connectivity index (χ1) is 30.9. The zero-order valence-electron chi connectivity index (χ0n) is 37.4. The molecule has 6 aromatic rings. The van der Waals surface area contributed by atoms with E-state index in [-0.39, 0.29) is 23.3 Å². The molecule has 6 aromatic carbocycles. The van der Waals surface area contributed by atoms with Gasteiger partial charge in [0, 0.05) is 9.52 Å². The summed E-state index contributed by atoms with van der Waals surface area (Å²) in [4.78, 5) is 0. The van der Waals surface area contributed by atoms with Crippen molar-refractivity contribution in [2.75, 3.05) is 0 Å². The molecule has 66 heavy (non-hydrogen) atoms. The summed E-state index contributed by atoms with van der Waals surface area (Å²) < 4.78 is 161. The van der Waals surface area contributed by atoms with Gasteiger partial charge in [-0.25, -0.2) is 0 Å². The summed E-state index contributed by atoms with van der Waals surface area (Å²) in [6.07, 6.45) is -11.3. The molecule has 0 aromatic heterocycles. The van der Waals surface area contributed by atoms with E-state index in [1.807, 2.05) is 62.4 Å². The number of benzene rings is 4. The number of halogens is 14. The summed E-state index contributed by atoms with van der Waals surface area (Å²) in [5.74, 6) is 0. The van der Waals surface area contributed by atoms with Crippen LogP contribution in [0.2, 0.25) is 13.1 Å². The quantitative estimate of drug-likeness (QED) is 0.0651. The second-order valence-corrected chi connectivity index (χ2v) is 20.5. The van der Waals surface area contributed by atoms with Gasteiger partial charge in [-0.3, -0.25) is 0 Å². The monoisotopic (exact) mass is 1070 g/mol. The Morgan fingerprint density at radius 2 is 0.742 bits per heavy atom. The van der Waals surface area contributed by atoms with Crippen LogP contribution in [-0.2, 0) is 71.2 Å². The summed E-state index contributed by atoms with van der Waals surface area (Å²) in [7, 11) is 11.0. The van der Waals surface area contributed by atoms with Crippen molar-refractivity contribution in [2.24, 2.45) is 0 Å². The molecular formula is C50H52Cl2F12SiZr. The Morgan fingerprint density at radius 3 is 0.985 bits per heavy atom. The van der Waals surface area contributed by atoms with E-state index < -0.39 is 67.8 Å². The van der Waals surface area contributed by atoms with Gasteiger partial charge in [0.1, 0.15) is 0 Å². The molecule has 0 heterocycles. The van der Waals surface area contributed by atoms with E-state index in [0.717, 1.165) is 118 Å². The molecule has 0 aliphatic rings. The Hall–Kier alpha value is -3.06. The van der Waals surface area contributed by atoms with Crippen LogP contribution in [-0.4, -0.2) is 9.52 Å². The molecule has 0 aliphatic heterocycles. The van der Waals surface area contributed by atoms with Crippen molar-refractivity contribution in [2.45, 2.75) is 130 Å². The first-order valence-corrected chi connectivity index (χ1v) is 29.8. The number of aryl methyl sites for hydroxylation is 4. The van der Waals surface area contributed by atoms with Crippen molar-refractivity contribution in [1.82, 2.24) is 0 Å². The van der Waals surface area contributed by atoms with Crippen LogP contribution in [0.25, 0.3) is 43.8 Å². The summed E-state index contributed by atoms with van der Waals surface area (Å²) in [6.45, 7) is 12.3. The molecule has 6 rings (SSSR count). The van der Waals surface area contributed by atoms with Crippen LogP contribution in [0.5, 0.6) is 0 Å². The van der Waals surface area contributed by atoms with E-state index in [9.17, 15) is 52.7 Å². The Labute approximate surface area is 400 Å². The molecule has 0 bridgehead atoms. The molecule has 0 nitrogen and oxygen atoms in total. The number of fused-ring (bicyclic) bond motifs is 2. The van der Waals surface area contributed by atoms with Gasteiger partial charge in [0.05, 0.1) is 22.3 Å². The summed E-state index contributed by atoms with van der Waals surface area (Å²) in [5.41, 5.74) is -0.701. The number of unbranched alkanes of at least 4 members (excludes halogenated alkanes) is 2. The van der Waals surface area contributed by atoms with Crippen LogP contribution in [0.4, 0.5) is 52.7 Å². The Balaban J connectivity index is 0.000000313. The van der Waals surface area contributed by atoms with Gasteiger partial charge in [-0.05, 0) is 73.2 Å². The first kappa shape index (κ1) is 57.3. The molecule has 358 valence electrons. The SMILES string of the molecule is CCCCc1cc2c(-c3cc(C(F)(F)F)cc(C(F)(F)F)c3)c(CCC)ccc2[cH-]1.CCCCc1cc2c(-c3cc(C(F)(F)F)cc(C(F)(F)F)c3)c(CCC)ccc2[cH-]1.C[Si]C.[Cl][Zr+2][Cl]. The molecular weight excluding hydrogens is 1020 g/mol. The normalized spacial score (nSPS) is 11.9. The van der Waals surface area contributed by atoms with E-state index in [2.05, 4.69) is 26.9 Å². The van der Waals surface area contributed by atoms with Crippen molar-refractivity contribution in [3.05, 3.63) is 129 Å². The van der Waals surface area contributed by atoms with Gasteiger partial charge in [0.25, 0.3) is 0 Å². The number of hydrogen-bond acceptors (Lipinski definition) is 0. The Morgan fingerprint density at radius 1 is 0.455 bits per heavy atom.